The van der Waals surface area contributed by atoms with E-state index in [-0.39, 0.29) is 18.1 Å². The number of aliphatic hydroxyl groups excluding tert-OH is 1. The summed E-state index contributed by atoms with van der Waals surface area (Å²) in [4.78, 5) is 3.56. The van der Waals surface area contributed by atoms with Crippen LogP contribution in [0.1, 0.15) is 5.69 Å². The van der Waals surface area contributed by atoms with Gasteiger partial charge in [-0.05, 0) is 29.8 Å². The van der Waals surface area contributed by atoms with Crippen molar-refractivity contribution in [2.45, 2.75) is 6.61 Å². The minimum atomic E-state index is -0.663. The predicted octanol–water partition coefficient (Wildman–Crippen LogP) is 2.52. The van der Waals surface area contributed by atoms with Crippen molar-refractivity contribution >= 4 is 0 Å². The van der Waals surface area contributed by atoms with Crippen LogP contribution in [0.4, 0.5) is 8.78 Å². The molecule has 0 radical (unpaired) electrons. The van der Waals surface area contributed by atoms with Crippen molar-refractivity contribution in [1.29, 1.82) is 0 Å². The van der Waals surface area contributed by atoms with E-state index in [4.69, 9.17) is 5.11 Å². The van der Waals surface area contributed by atoms with E-state index in [9.17, 15) is 8.78 Å². The molecule has 2 rings (SSSR count). The van der Waals surface area contributed by atoms with E-state index in [0.717, 1.165) is 0 Å². The highest BCUT2D eigenvalue weighted by Gasteiger charge is 2.07. The topological polar surface area (TPSA) is 33.1 Å². The Morgan fingerprint density at radius 2 is 1.94 bits per heavy atom. The summed E-state index contributed by atoms with van der Waals surface area (Å²) in [5.41, 5.74) is 1.30. The van der Waals surface area contributed by atoms with E-state index >= 15 is 0 Å². The van der Waals surface area contributed by atoms with E-state index in [1.54, 1.807) is 12.1 Å². The molecule has 1 N–H and O–H groups in total. The molecule has 0 amide bonds. The molecule has 0 fully saturated rings. The number of nitrogens with zero attached hydrogens (tertiary/aromatic N) is 1. The summed E-state index contributed by atoms with van der Waals surface area (Å²) in [6.45, 7) is -0.385. The number of aromatic nitrogens is 1. The van der Waals surface area contributed by atoms with Gasteiger partial charge in [-0.15, -0.1) is 0 Å². The molecule has 0 bridgehead atoms. The Hall–Kier alpha value is -1.81. The lowest BCUT2D eigenvalue weighted by molar-refractivity contribution is 0.275. The molecule has 0 aliphatic rings. The zero-order valence-electron chi connectivity index (χ0n) is 8.32. The van der Waals surface area contributed by atoms with E-state index < -0.39 is 5.95 Å². The maximum absolute atomic E-state index is 13.0. The normalized spacial score (nSPS) is 10.4. The molecule has 16 heavy (non-hydrogen) atoms. The van der Waals surface area contributed by atoms with Gasteiger partial charge in [-0.3, -0.25) is 0 Å². The van der Waals surface area contributed by atoms with Crippen LogP contribution >= 0.6 is 0 Å². The zero-order chi connectivity index (χ0) is 11.5. The van der Waals surface area contributed by atoms with Crippen molar-refractivity contribution in [1.82, 2.24) is 4.98 Å². The molecule has 1 aromatic carbocycles. The van der Waals surface area contributed by atoms with Gasteiger partial charge in [0.2, 0.25) is 5.95 Å². The first-order valence-electron chi connectivity index (χ1n) is 4.73. The largest absolute Gasteiger partial charge is 0.390 e. The van der Waals surface area contributed by atoms with Gasteiger partial charge < -0.3 is 5.11 Å². The van der Waals surface area contributed by atoms with Crippen molar-refractivity contribution in [3.63, 3.8) is 0 Å². The van der Waals surface area contributed by atoms with Crippen molar-refractivity contribution < 1.29 is 13.9 Å². The van der Waals surface area contributed by atoms with Gasteiger partial charge in [-0.1, -0.05) is 12.1 Å². The van der Waals surface area contributed by atoms with Crippen LogP contribution in [-0.2, 0) is 6.61 Å². The van der Waals surface area contributed by atoms with Gasteiger partial charge in [0.1, 0.15) is 5.82 Å². The van der Waals surface area contributed by atoms with Crippen molar-refractivity contribution in [3.8, 4) is 11.1 Å². The lowest BCUT2D eigenvalue weighted by Gasteiger charge is -2.06. The number of halogens is 2. The molecule has 82 valence electrons. The highest BCUT2D eigenvalue weighted by Crippen LogP contribution is 2.23. The summed E-state index contributed by atoms with van der Waals surface area (Å²) in [6.07, 6.45) is 0. The third-order valence-electron chi connectivity index (χ3n) is 2.23. The summed E-state index contributed by atoms with van der Waals surface area (Å²) < 4.78 is 25.8. The predicted molar refractivity (Wildman–Crippen MR) is 55.5 cm³/mol. The minimum absolute atomic E-state index is 0.200. The van der Waals surface area contributed by atoms with Crippen molar-refractivity contribution in [2.75, 3.05) is 0 Å². The van der Waals surface area contributed by atoms with Crippen LogP contribution < -0.4 is 0 Å². The van der Waals surface area contributed by atoms with E-state index in [2.05, 4.69) is 4.98 Å². The zero-order valence-corrected chi connectivity index (χ0v) is 8.32. The summed E-state index contributed by atoms with van der Waals surface area (Å²) in [5, 5.41) is 9.05. The maximum atomic E-state index is 13.0. The Morgan fingerprint density at radius 1 is 1.12 bits per heavy atom. The van der Waals surface area contributed by atoms with E-state index in [0.29, 0.717) is 11.1 Å². The fourth-order valence-electron chi connectivity index (χ4n) is 1.51. The van der Waals surface area contributed by atoms with Crippen LogP contribution in [0.3, 0.4) is 0 Å². The van der Waals surface area contributed by atoms with Gasteiger partial charge in [0.15, 0.2) is 0 Å². The highest BCUT2D eigenvalue weighted by molar-refractivity contribution is 5.65. The molecule has 1 aromatic heterocycles. The smallest absolute Gasteiger partial charge is 0.213 e. The van der Waals surface area contributed by atoms with Crippen LogP contribution in [0.5, 0.6) is 0 Å². The van der Waals surface area contributed by atoms with E-state index in [1.165, 1.54) is 24.3 Å². The van der Waals surface area contributed by atoms with Gasteiger partial charge >= 0.3 is 0 Å². The average Bonchev–Trinajstić information content (AvgIpc) is 2.28. The number of pyridine rings is 1. The molecule has 0 aliphatic heterocycles. The van der Waals surface area contributed by atoms with Crippen LogP contribution in [0.15, 0.2) is 36.4 Å². The number of rotatable bonds is 2. The Balaban J connectivity index is 2.55. The maximum Gasteiger partial charge on any atom is 0.213 e. The molecule has 2 nitrogen and oxygen atoms in total. The number of aliphatic hydroxyl groups is 1. The van der Waals surface area contributed by atoms with Crippen LogP contribution in [0, 0.1) is 11.8 Å². The van der Waals surface area contributed by atoms with Gasteiger partial charge in [0.25, 0.3) is 0 Å². The SMILES string of the molecule is OCc1nc(F)ccc1-c1cccc(F)c1. The highest BCUT2D eigenvalue weighted by atomic mass is 19.1. The van der Waals surface area contributed by atoms with E-state index in [1.807, 2.05) is 0 Å². The Labute approximate surface area is 91.2 Å². The van der Waals surface area contributed by atoms with Crippen LogP contribution in [-0.4, -0.2) is 10.1 Å². The monoisotopic (exact) mass is 221 g/mol. The Kier molecular flexibility index (Phi) is 2.92. The standard InChI is InChI=1S/C12H9F2NO/c13-9-3-1-2-8(6-9)10-4-5-12(14)15-11(10)7-16/h1-6,16H,7H2. The van der Waals surface area contributed by atoms with Gasteiger partial charge in [-0.25, -0.2) is 9.37 Å². The van der Waals surface area contributed by atoms with Gasteiger partial charge in [-0.2, -0.15) is 4.39 Å². The summed E-state index contributed by atoms with van der Waals surface area (Å²) >= 11 is 0. The first-order valence-corrected chi connectivity index (χ1v) is 4.73. The second kappa shape index (κ2) is 4.37. The first kappa shape index (κ1) is 10.7. The molecule has 0 spiro atoms. The molecule has 0 saturated heterocycles. The Bertz CT molecular complexity index is 514. The molecule has 4 heteroatoms. The van der Waals surface area contributed by atoms with Gasteiger partial charge in [0, 0.05) is 5.56 Å². The number of hydrogen-bond acceptors (Lipinski definition) is 2. The fraction of sp³-hybridized carbons (Fsp3) is 0.0833. The molecule has 0 unspecified atom stereocenters. The lowest BCUT2D eigenvalue weighted by atomic mass is 10.0. The van der Waals surface area contributed by atoms with Crippen LogP contribution in [0.25, 0.3) is 11.1 Å². The molecule has 0 saturated carbocycles. The third-order valence-corrected chi connectivity index (χ3v) is 2.23. The fourth-order valence-corrected chi connectivity index (χ4v) is 1.51. The summed E-state index contributed by atoms with van der Waals surface area (Å²) in [6, 6.07) is 8.52. The summed E-state index contributed by atoms with van der Waals surface area (Å²) in [5.74, 6) is -1.05. The number of benzene rings is 1. The average molecular weight is 221 g/mol. The summed E-state index contributed by atoms with van der Waals surface area (Å²) in [7, 11) is 0. The second-order valence-corrected chi connectivity index (χ2v) is 3.30. The molecular formula is C12H9F2NO. The molecule has 2 aromatic rings. The van der Waals surface area contributed by atoms with Crippen molar-refractivity contribution in [3.05, 3.63) is 53.9 Å². The van der Waals surface area contributed by atoms with Crippen molar-refractivity contribution in [2.24, 2.45) is 0 Å². The van der Waals surface area contributed by atoms with Gasteiger partial charge in [0.05, 0.1) is 12.3 Å². The lowest BCUT2D eigenvalue weighted by Crippen LogP contribution is -1.96. The molecular weight excluding hydrogens is 212 g/mol. The molecule has 0 aliphatic carbocycles. The molecule has 0 atom stereocenters. The minimum Gasteiger partial charge on any atom is -0.390 e. The van der Waals surface area contributed by atoms with Crippen LogP contribution in [0.2, 0.25) is 0 Å². The number of hydrogen-bond donors (Lipinski definition) is 1. The third kappa shape index (κ3) is 2.06. The quantitative estimate of drug-likeness (QED) is 0.790. The Morgan fingerprint density at radius 3 is 2.62 bits per heavy atom. The molecule has 1 heterocycles. The second-order valence-electron chi connectivity index (χ2n) is 3.30. The first-order chi connectivity index (χ1) is 7.70.